The third-order valence-electron chi connectivity index (χ3n) is 2.85. The van der Waals surface area contributed by atoms with Gasteiger partial charge in [-0.25, -0.2) is 4.98 Å². The molecule has 1 heterocycles. The largest absolute Gasteiger partial charge is 0.330 e. The molecule has 5 nitrogen and oxygen atoms in total. The summed E-state index contributed by atoms with van der Waals surface area (Å²) in [4.78, 5) is 14.9. The summed E-state index contributed by atoms with van der Waals surface area (Å²) in [5, 5.41) is 11.5. The lowest BCUT2D eigenvalue weighted by atomic mass is 10.1. The van der Waals surface area contributed by atoms with Crippen LogP contribution in [0.1, 0.15) is 24.7 Å². The Morgan fingerprint density at radius 3 is 2.95 bits per heavy atom. The lowest BCUT2D eigenvalue weighted by Gasteiger charge is -2.08. The molecule has 0 radical (unpaired) electrons. The molecule has 0 spiro atoms. The highest BCUT2D eigenvalue weighted by Crippen LogP contribution is 2.24. The molecule has 0 aliphatic heterocycles. The normalized spacial score (nSPS) is 10.6. The van der Waals surface area contributed by atoms with E-state index in [1.807, 2.05) is 10.8 Å². The van der Waals surface area contributed by atoms with Gasteiger partial charge in [-0.1, -0.05) is 18.5 Å². The first-order chi connectivity index (χ1) is 9.11. The minimum absolute atomic E-state index is 0.0838. The summed E-state index contributed by atoms with van der Waals surface area (Å²) in [6.45, 7) is 2.48. The minimum Gasteiger partial charge on any atom is -0.330 e. The molecule has 100 valence electrons. The first-order valence-corrected chi connectivity index (χ1v) is 6.42. The van der Waals surface area contributed by atoms with Crippen LogP contribution in [-0.2, 0) is 13.0 Å². The lowest BCUT2D eigenvalue weighted by Crippen LogP contribution is -2.06. The van der Waals surface area contributed by atoms with Crippen molar-refractivity contribution in [2.24, 2.45) is 0 Å². The van der Waals surface area contributed by atoms with Crippen molar-refractivity contribution in [1.82, 2.24) is 9.55 Å². The molecule has 19 heavy (non-hydrogen) atoms. The quantitative estimate of drug-likeness (QED) is 0.622. The molecule has 0 fully saturated rings. The monoisotopic (exact) mass is 279 g/mol. The Morgan fingerprint density at radius 1 is 1.47 bits per heavy atom. The zero-order valence-corrected chi connectivity index (χ0v) is 11.3. The van der Waals surface area contributed by atoms with Crippen LogP contribution in [0, 0.1) is 10.1 Å². The maximum Gasteiger partial charge on any atom is 0.274 e. The van der Waals surface area contributed by atoms with Crippen molar-refractivity contribution >= 4 is 17.3 Å². The Morgan fingerprint density at radius 2 is 2.26 bits per heavy atom. The maximum absolute atomic E-state index is 11.0. The predicted molar refractivity (Wildman–Crippen MR) is 73.4 cm³/mol. The number of nitrogens with zero attached hydrogens (tertiary/aromatic N) is 3. The van der Waals surface area contributed by atoms with Crippen LogP contribution in [0.3, 0.4) is 0 Å². The van der Waals surface area contributed by atoms with Crippen LogP contribution in [-0.4, -0.2) is 14.5 Å². The average molecular weight is 280 g/mol. The van der Waals surface area contributed by atoms with Gasteiger partial charge in [0.1, 0.15) is 5.82 Å². The smallest absolute Gasteiger partial charge is 0.274 e. The lowest BCUT2D eigenvalue weighted by molar-refractivity contribution is -0.385. The van der Waals surface area contributed by atoms with Crippen molar-refractivity contribution in [1.29, 1.82) is 0 Å². The molecule has 2 rings (SSSR count). The molecule has 1 aromatic carbocycles. The van der Waals surface area contributed by atoms with E-state index in [2.05, 4.69) is 11.9 Å². The second-order valence-electron chi connectivity index (χ2n) is 4.25. The molecule has 6 heteroatoms. The molecule has 0 aliphatic rings. The number of nitro benzene ring substituents is 1. The molecule has 0 amide bonds. The molecule has 2 aromatic rings. The number of benzene rings is 1. The fourth-order valence-corrected chi connectivity index (χ4v) is 2.17. The van der Waals surface area contributed by atoms with Crippen LogP contribution in [0.4, 0.5) is 5.69 Å². The van der Waals surface area contributed by atoms with Crippen molar-refractivity contribution < 1.29 is 4.92 Å². The average Bonchev–Trinajstić information content (AvgIpc) is 2.77. The Balaban J connectivity index is 2.34. The van der Waals surface area contributed by atoms with Gasteiger partial charge in [0.2, 0.25) is 0 Å². The van der Waals surface area contributed by atoms with Crippen LogP contribution in [0.15, 0.2) is 30.6 Å². The SMILES string of the molecule is CCCc1nccn1Cc1cc(Cl)ccc1[N+](=O)[O-]. The van der Waals surface area contributed by atoms with Gasteiger partial charge in [0.15, 0.2) is 0 Å². The fraction of sp³-hybridized carbons (Fsp3) is 0.308. The maximum atomic E-state index is 11.0. The second kappa shape index (κ2) is 5.84. The zero-order valence-electron chi connectivity index (χ0n) is 10.5. The third-order valence-corrected chi connectivity index (χ3v) is 3.09. The molecule has 0 saturated carbocycles. The minimum atomic E-state index is -0.387. The summed E-state index contributed by atoms with van der Waals surface area (Å²) < 4.78 is 1.92. The highest BCUT2D eigenvalue weighted by atomic mass is 35.5. The molecular formula is C13H14ClN3O2. The number of rotatable bonds is 5. The first kappa shape index (κ1) is 13.5. The number of aromatic nitrogens is 2. The number of halogens is 1. The van der Waals surface area contributed by atoms with E-state index in [0.29, 0.717) is 17.1 Å². The van der Waals surface area contributed by atoms with E-state index in [4.69, 9.17) is 11.6 Å². The zero-order chi connectivity index (χ0) is 13.8. The number of hydrogen-bond acceptors (Lipinski definition) is 3. The highest BCUT2D eigenvalue weighted by molar-refractivity contribution is 6.30. The molecule has 0 aliphatic carbocycles. The van der Waals surface area contributed by atoms with Crippen LogP contribution < -0.4 is 0 Å². The number of hydrogen-bond donors (Lipinski definition) is 0. The van der Waals surface area contributed by atoms with E-state index in [-0.39, 0.29) is 10.6 Å². The first-order valence-electron chi connectivity index (χ1n) is 6.04. The Bertz CT molecular complexity index is 595. The predicted octanol–water partition coefficient (Wildman–Crippen LogP) is 3.45. The van der Waals surface area contributed by atoms with Gasteiger partial charge in [-0.3, -0.25) is 10.1 Å². The number of imidazole rings is 1. The summed E-state index contributed by atoms with van der Waals surface area (Å²) in [5.41, 5.74) is 0.674. The van der Waals surface area contributed by atoms with Crippen molar-refractivity contribution in [2.45, 2.75) is 26.3 Å². The van der Waals surface area contributed by atoms with Crippen LogP contribution in [0.5, 0.6) is 0 Å². The van der Waals surface area contributed by atoms with Crippen LogP contribution >= 0.6 is 11.6 Å². The molecule has 0 atom stereocenters. The molecule has 0 saturated heterocycles. The van der Waals surface area contributed by atoms with Gasteiger partial charge in [0.05, 0.1) is 17.0 Å². The van der Waals surface area contributed by atoms with Crippen molar-refractivity contribution in [3.8, 4) is 0 Å². The summed E-state index contributed by atoms with van der Waals surface area (Å²) in [6, 6.07) is 4.60. The van der Waals surface area contributed by atoms with E-state index in [0.717, 1.165) is 18.7 Å². The second-order valence-corrected chi connectivity index (χ2v) is 4.69. The van der Waals surface area contributed by atoms with Gasteiger partial charge >= 0.3 is 0 Å². The van der Waals surface area contributed by atoms with E-state index in [9.17, 15) is 10.1 Å². The van der Waals surface area contributed by atoms with Gasteiger partial charge in [0, 0.05) is 29.9 Å². The Labute approximate surface area is 116 Å². The summed E-state index contributed by atoms with van der Waals surface area (Å²) in [6.07, 6.45) is 5.37. The van der Waals surface area contributed by atoms with Crippen molar-refractivity contribution in [3.63, 3.8) is 0 Å². The standard InChI is InChI=1S/C13H14ClN3O2/c1-2-3-13-15-6-7-16(13)9-10-8-11(14)4-5-12(10)17(18)19/h4-8H,2-3,9H2,1H3. The Kier molecular flexibility index (Phi) is 4.16. The molecular weight excluding hydrogens is 266 g/mol. The fourth-order valence-electron chi connectivity index (χ4n) is 1.98. The van der Waals surface area contributed by atoms with E-state index >= 15 is 0 Å². The Hall–Kier alpha value is -1.88. The van der Waals surface area contributed by atoms with Gasteiger partial charge in [-0.15, -0.1) is 0 Å². The van der Waals surface area contributed by atoms with Crippen molar-refractivity contribution in [3.05, 3.63) is 57.1 Å². The molecule has 0 N–H and O–H groups in total. The van der Waals surface area contributed by atoms with Gasteiger partial charge in [-0.05, 0) is 18.6 Å². The van der Waals surface area contributed by atoms with Crippen LogP contribution in [0.2, 0.25) is 5.02 Å². The van der Waals surface area contributed by atoms with Gasteiger partial charge in [0.25, 0.3) is 5.69 Å². The van der Waals surface area contributed by atoms with Crippen LogP contribution in [0.25, 0.3) is 0 Å². The van der Waals surface area contributed by atoms with Gasteiger partial charge in [-0.2, -0.15) is 0 Å². The summed E-state index contributed by atoms with van der Waals surface area (Å²) in [7, 11) is 0. The van der Waals surface area contributed by atoms with E-state index in [1.54, 1.807) is 12.3 Å². The number of nitro groups is 1. The number of aryl methyl sites for hydroxylation is 1. The highest BCUT2D eigenvalue weighted by Gasteiger charge is 2.15. The third kappa shape index (κ3) is 3.12. The molecule has 1 aromatic heterocycles. The molecule has 0 unspecified atom stereocenters. The summed E-state index contributed by atoms with van der Waals surface area (Å²) in [5.74, 6) is 0.928. The van der Waals surface area contributed by atoms with E-state index in [1.165, 1.54) is 12.1 Å². The van der Waals surface area contributed by atoms with Gasteiger partial charge < -0.3 is 4.57 Å². The van der Waals surface area contributed by atoms with E-state index < -0.39 is 0 Å². The van der Waals surface area contributed by atoms with Crippen molar-refractivity contribution in [2.75, 3.05) is 0 Å². The summed E-state index contributed by atoms with van der Waals surface area (Å²) >= 11 is 5.92. The topological polar surface area (TPSA) is 61.0 Å². The molecule has 0 bridgehead atoms.